The van der Waals surface area contributed by atoms with Crippen molar-refractivity contribution in [1.29, 1.82) is 0 Å². The summed E-state index contributed by atoms with van der Waals surface area (Å²) < 4.78 is 82.6. The predicted molar refractivity (Wildman–Crippen MR) is 174 cm³/mol. The molecule has 5 aromatic rings. The molecule has 13 heteroatoms. The standard InChI is InChI=1S/C37H29F5N2O5S/c38-31-30(32(39)34(41)35(42)33(31)40)36(46)43-18-22-5-3-6-24(15-22)25-7-4-8-26(16-25)37-48-27(20-50-29-9-1-2-14-44(29)47)17-28(49-37)23-12-10-21(19-45)11-13-23/h1-16,27-28,37,45H,17-20H2,(H,43,46)/t27-,28+,37+/m0/s1. The van der Waals surface area contributed by atoms with Crippen molar-refractivity contribution in [3.8, 4) is 11.1 Å². The molecule has 0 spiro atoms. The quantitative estimate of drug-likeness (QED) is 0.0391. The minimum atomic E-state index is -2.35. The van der Waals surface area contributed by atoms with Crippen LogP contribution in [0.4, 0.5) is 22.0 Å². The zero-order valence-corrected chi connectivity index (χ0v) is 26.9. The number of carbonyl (C=O) groups is 1. The first-order chi connectivity index (χ1) is 24.1. The van der Waals surface area contributed by atoms with Crippen molar-refractivity contribution < 1.29 is 46.1 Å². The number of benzene rings is 4. The van der Waals surface area contributed by atoms with Gasteiger partial charge in [0.1, 0.15) is 5.56 Å². The van der Waals surface area contributed by atoms with Crippen molar-refractivity contribution >= 4 is 17.7 Å². The third-order valence-electron chi connectivity index (χ3n) is 8.13. The van der Waals surface area contributed by atoms with Crippen LogP contribution in [0.3, 0.4) is 0 Å². The molecule has 2 heterocycles. The average molecular weight is 709 g/mol. The molecule has 4 aromatic carbocycles. The third-order valence-corrected chi connectivity index (χ3v) is 9.28. The van der Waals surface area contributed by atoms with Crippen LogP contribution >= 0.6 is 11.8 Å². The van der Waals surface area contributed by atoms with E-state index in [1.54, 1.807) is 42.5 Å². The van der Waals surface area contributed by atoms with Gasteiger partial charge in [0.2, 0.25) is 5.82 Å². The molecule has 1 aliphatic heterocycles. The number of amides is 1. The van der Waals surface area contributed by atoms with Crippen LogP contribution in [0.2, 0.25) is 0 Å². The van der Waals surface area contributed by atoms with Crippen molar-refractivity contribution in [2.75, 3.05) is 5.75 Å². The van der Waals surface area contributed by atoms with Crippen LogP contribution in [0, 0.1) is 34.3 Å². The van der Waals surface area contributed by atoms with Crippen molar-refractivity contribution in [3.63, 3.8) is 0 Å². The summed E-state index contributed by atoms with van der Waals surface area (Å²) in [6.07, 6.45) is 0.524. The minimum absolute atomic E-state index is 0.0885. The minimum Gasteiger partial charge on any atom is -0.618 e. The second kappa shape index (κ2) is 15.4. The van der Waals surface area contributed by atoms with E-state index in [2.05, 4.69) is 5.32 Å². The molecule has 0 aliphatic carbocycles. The first-order valence-electron chi connectivity index (χ1n) is 15.4. The van der Waals surface area contributed by atoms with E-state index in [0.717, 1.165) is 21.4 Å². The number of thioether (sulfide) groups is 1. The number of hydrogen-bond donors (Lipinski definition) is 2. The van der Waals surface area contributed by atoms with E-state index in [9.17, 15) is 37.1 Å². The first-order valence-corrected chi connectivity index (χ1v) is 16.4. The lowest BCUT2D eigenvalue weighted by Crippen LogP contribution is -2.32. The Morgan fingerprint density at radius 3 is 2.18 bits per heavy atom. The molecule has 1 amide bonds. The summed E-state index contributed by atoms with van der Waals surface area (Å²) in [4.78, 5) is 12.5. The first kappa shape index (κ1) is 35.0. The van der Waals surface area contributed by atoms with Gasteiger partial charge in [-0.05, 0) is 46.0 Å². The number of carbonyl (C=O) groups excluding carboxylic acids is 1. The Balaban J connectivity index is 1.21. The molecule has 50 heavy (non-hydrogen) atoms. The number of halogens is 5. The van der Waals surface area contributed by atoms with E-state index < -0.39 is 46.8 Å². The highest BCUT2D eigenvalue weighted by molar-refractivity contribution is 7.99. The lowest BCUT2D eigenvalue weighted by molar-refractivity contribution is -0.645. The summed E-state index contributed by atoms with van der Waals surface area (Å²) >= 11 is 1.38. The van der Waals surface area contributed by atoms with Crippen LogP contribution in [0.1, 0.15) is 51.4 Å². The van der Waals surface area contributed by atoms with E-state index >= 15 is 0 Å². The van der Waals surface area contributed by atoms with Crippen molar-refractivity contribution in [3.05, 3.63) is 159 Å². The number of pyridine rings is 1. The van der Waals surface area contributed by atoms with E-state index in [1.807, 2.05) is 48.5 Å². The highest BCUT2D eigenvalue weighted by Gasteiger charge is 2.33. The van der Waals surface area contributed by atoms with Crippen LogP contribution in [0.25, 0.3) is 11.1 Å². The molecule has 0 unspecified atom stereocenters. The maximum atomic E-state index is 14.1. The molecule has 0 bridgehead atoms. The second-order valence-electron chi connectivity index (χ2n) is 11.5. The fourth-order valence-electron chi connectivity index (χ4n) is 5.53. The average Bonchev–Trinajstić information content (AvgIpc) is 3.15. The fourth-order valence-corrected chi connectivity index (χ4v) is 6.46. The van der Waals surface area contributed by atoms with Gasteiger partial charge in [-0.1, -0.05) is 72.4 Å². The van der Waals surface area contributed by atoms with Gasteiger partial charge in [0, 0.05) is 36.4 Å². The van der Waals surface area contributed by atoms with E-state index in [-0.39, 0.29) is 25.4 Å². The highest BCUT2D eigenvalue weighted by Crippen LogP contribution is 2.40. The SMILES string of the molecule is O=C(NCc1cccc(-c2cccc([C@@H]3O[C@H](CSc4cccc[n+]4[O-])C[C@H](c4ccc(CO)cc4)O3)c2)c1)c1c(F)c(F)c(F)c(F)c1F. The molecule has 0 saturated carbocycles. The van der Waals surface area contributed by atoms with Crippen LogP contribution in [-0.4, -0.2) is 22.9 Å². The molecular formula is C37H29F5N2O5S. The molecule has 1 aromatic heterocycles. The Bertz CT molecular complexity index is 1990. The van der Waals surface area contributed by atoms with Crippen molar-refractivity contribution in [1.82, 2.24) is 5.32 Å². The van der Waals surface area contributed by atoms with Gasteiger partial charge in [0.15, 0.2) is 35.8 Å². The van der Waals surface area contributed by atoms with Gasteiger partial charge in [0.25, 0.3) is 10.9 Å². The Morgan fingerprint density at radius 2 is 1.48 bits per heavy atom. The molecule has 1 saturated heterocycles. The Labute approximate surface area is 287 Å². The lowest BCUT2D eigenvalue weighted by Gasteiger charge is -2.36. The van der Waals surface area contributed by atoms with E-state index in [1.165, 1.54) is 18.0 Å². The second-order valence-corrected chi connectivity index (χ2v) is 12.5. The number of rotatable bonds is 10. The number of ether oxygens (including phenoxy) is 2. The van der Waals surface area contributed by atoms with Gasteiger partial charge in [0.05, 0.1) is 18.8 Å². The van der Waals surface area contributed by atoms with Gasteiger partial charge < -0.3 is 25.1 Å². The number of nitrogens with zero attached hydrogens (tertiary/aromatic N) is 1. The summed E-state index contributed by atoms with van der Waals surface area (Å²) in [5, 5.41) is 24.5. The Morgan fingerprint density at radius 1 is 0.800 bits per heavy atom. The van der Waals surface area contributed by atoms with E-state index in [0.29, 0.717) is 33.9 Å². The number of aliphatic hydroxyl groups excluding tert-OH is 1. The highest BCUT2D eigenvalue weighted by atomic mass is 32.2. The van der Waals surface area contributed by atoms with Gasteiger partial charge >= 0.3 is 0 Å². The van der Waals surface area contributed by atoms with Gasteiger partial charge in [-0.15, -0.1) is 0 Å². The molecule has 0 radical (unpaired) electrons. The summed E-state index contributed by atoms with van der Waals surface area (Å²) in [6.45, 7) is -0.351. The van der Waals surface area contributed by atoms with Gasteiger partial charge in [-0.2, -0.15) is 4.73 Å². The summed E-state index contributed by atoms with van der Waals surface area (Å²) in [7, 11) is 0. The van der Waals surface area contributed by atoms with Crippen LogP contribution < -0.4 is 10.0 Å². The Hall–Kier alpha value is -4.82. The maximum absolute atomic E-state index is 14.1. The molecule has 258 valence electrons. The smallest absolute Gasteiger partial charge is 0.257 e. The summed E-state index contributed by atoms with van der Waals surface area (Å²) in [5.74, 6) is -12.2. The van der Waals surface area contributed by atoms with Crippen molar-refractivity contribution in [2.45, 2.75) is 43.1 Å². The lowest BCUT2D eigenvalue weighted by atomic mass is 9.99. The normalized spacial score (nSPS) is 17.4. The predicted octanol–water partition coefficient (Wildman–Crippen LogP) is 7.44. The molecule has 1 aliphatic rings. The van der Waals surface area contributed by atoms with Crippen LogP contribution in [-0.2, 0) is 22.6 Å². The number of hydrogen-bond acceptors (Lipinski definition) is 6. The van der Waals surface area contributed by atoms with Gasteiger partial charge in [-0.25, -0.2) is 22.0 Å². The topological polar surface area (TPSA) is 94.7 Å². The molecule has 1 fully saturated rings. The summed E-state index contributed by atoms with van der Waals surface area (Å²) in [6, 6.07) is 26.9. The van der Waals surface area contributed by atoms with Gasteiger partial charge in [-0.3, -0.25) is 4.79 Å². The molecule has 6 rings (SSSR count). The van der Waals surface area contributed by atoms with E-state index in [4.69, 9.17) is 9.47 Å². The Kier molecular flexibility index (Phi) is 10.8. The van der Waals surface area contributed by atoms with Crippen LogP contribution in [0.5, 0.6) is 0 Å². The number of aromatic nitrogens is 1. The zero-order valence-electron chi connectivity index (χ0n) is 26.1. The zero-order chi connectivity index (χ0) is 35.4. The third kappa shape index (κ3) is 7.65. The summed E-state index contributed by atoms with van der Waals surface area (Å²) in [5.41, 5.74) is 2.76. The molecule has 2 N–H and O–H groups in total. The maximum Gasteiger partial charge on any atom is 0.257 e. The molecule has 7 nitrogen and oxygen atoms in total. The fraction of sp³-hybridized carbons (Fsp3) is 0.189. The number of nitrogens with one attached hydrogen (secondary N) is 1. The monoisotopic (exact) mass is 708 g/mol. The van der Waals surface area contributed by atoms with Crippen LogP contribution in [0.15, 0.2) is 102 Å². The molecular weight excluding hydrogens is 679 g/mol. The molecule has 3 atom stereocenters. The largest absolute Gasteiger partial charge is 0.618 e. The number of aliphatic hydroxyl groups is 1. The van der Waals surface area contributed by atoms with Crippen molar-refractivity contribution in [2.24, 2.45) is 0 Å².